The fraction of sp³-hybridized carbons (Fsp3) is 0.0769. The molecule has 1 amide bonds. The molecule has 9 nitrogen and oxygen atoms in total. The molecule has 2 aromatic carbocycles. The molecule has 184 valence electrons. The van der Waals surface area contributed by atoms with Crippen molar-refractivity contribution in [3.05, 3.63) is 118 Å². The Balaban J connectivity index is 1.53. The third-order valence-electron chi connectivity index (χ3n) is 5.64. The van der Waals surface area contributed by atoms with Crippen molar-refractivity contribution < 1.29 is 4.79 Å². The SMILES string of the molecule is O=C(Nc1ccncc1)C(Cc1ccccc1)n1cnc(-c2cc(Cl)ccc2-n2cc(Cl)nn2)cc1=O. The predicted molar refractivity (Wildman–Crippen MR) is 141 cm³/mol. The average Bonchev–Trinajstić information content (AvgIpc) is 3.34. The van der Waals surface area contributed by atoms with Crippen molar-refractivity contribution in [2.24, 2.45) is 0 Å². The molecule has 0 saturated heterocycles. The number of pyridine rings is 1. The van der Waals surface area contributed by atoms with Crippen LogP contribution in [-0.2, 0) is 11.2 Å². The van der Waals surface area contributed by atoms with Gasteiger partial charge in [0, 0.05) is 41.2 Å². The molecule has 0 spiro atoms. The van der Waals surface area contributed by atoms with Gasteiger partial charge < -0.3 is 5.32 Å². The molecule has 0 radical (unpaired) electrons. The summed E-state index contributed by atoms with van der Waals surface area (Å²) in [7, 11) is 0. The second-order valence-corrected chi connectivity index (χ2v) is 8.92. The van der Waals surface area contributed by atoms with Crippen molar-refractivity contribution in [2.45, 2.75) is 12.5 Å². The van der Waals surface area contributed by atoms with E-state index in [9.17, 15) is 9.59 Å². The van der Waals surface area contributed by atoms with Gasteiger partial charge in [0.2, 0.25) is 5.91 Å². The smallest absolute Gasteiger partial charge is 0.254 e. The Bertz CT molecular complexity index is 1600. The molecule has 5 aromatic rings. The average molecular weight is 532 g/mol. The number of rotatable bonds is 7. The zero-order valence-electron chi connectivity index (χ0n) is 19.2. The summed E-state index contributed by atoms with van der Waals surface area (Å²) in [5.74, 6) is -0.354. The number of nitrogens with zero attached hydrogens (tertiary/aromatic N) is 6. The number of anilines is 1. The maximum Gasteiger partial charge on any atom is 0.254 e. The number of carbonyl (C=O) groups excluding carboxylic acids is 1. The lowest BCUT2D eigenvalue weighted by atomic mass is 10.0. The highest BCUT2D eigenvalue weighted by Gasteiger charge is 2.23. The molecule has 1 atom stereocenters. The molecule has 0 bridgehead atoms. The maximum absolute atomic E-state index is 13.4. The molecule has 0 aliphatic carbocycles. The zero-order valence-corrected chi connectivity index (χ0v) is 20.7. The second-order valence-electron chi connectivity index (χ2n) is 8.10. The molecule has 3 aromatic heterocycles. The molecule has 5 rings (SSSR count). The fourth-order valence-electron chi connectivity index (χ4n) is 3.88. The lowest BCUT2D eigenvalue weighted by Gasteiger charge is -2.20. The largest absolute Gasteiger partial charge is 0.324 e. The van der Waals surface area contributed by atoms with E-state index in [1.807, 2.05) is 30.3 Å². The molecule has 0 fully saturated rings. The lowest BCUT2D eigenvalue weighted by Crippen LogP contribution is -2.34. The Kier molecular flexibility index (Phi) is 7.07. The zero-order chi connectivity index (χ0) is 25.8. The van der Waals surface area contributed by atoms with E-state index in [1.54, 1.807) is 42.7 Å². The van der Waals surface area contributed by atoms with Gasteiger partial charge in [0.15, 0.2) is 5.15 Å². The van der Waals surface area contributed by atoms with E-state index < -0.39 is 11.6 Å². The summed E-state index contributed by atoms with van der Waals surface area (Å²) in [5, 5.41) is 11.3. The van der Waals surface area contributed by atoms with Gasteiger partial charge in [-0.25, -0.2) is 9.67 Å². The number of hydrogen-bond donors (Lipinski definition) is 1. The molecular formula is C26H19Cl2N7O2. The van der Waals surface area contributed by atoms with Crippen LogP contribution >= 0.6 is 23.2 Å². The number of benzene rings is 2. The van der Waals surface area contributed by atoms with Gasteiger partial charge in [-0.15, -0.1) is 5.10 Å². The minimum Gasteiger partial charge on any atom is -0.324 e. The summed E-state index contributed by atoms with van der Waals surface area (Å²) in [6.07, 6.45) is 6.36. The van der Waals surface area contributed by atoms with Gasteiger partial charge in [0.25, 0.3) is 5.56 Å². The number of hydrogen-bond acceptors (Lipinski definition) is 6. The van der Waals surface area contributed by atoms with Crippen LogP contribution in [0, 0.1) is 0 Å². The van der Waals surface area contributed by atoms with Gasteiger partial charge >= 0.3 is 0 Å². The third-order valence-corrected chi connectivity index (χ3v) is 6.05. The summed E-state index contributed by atoms with van der Waals surface area (Å²) >= 11 is 12.2. The Labute approximate surface area is 221 Å². The third kappa shape index (κ3) is 5.58. The fourth-order valence-corrected chi connectivity index (χ4v) is 4.18. The number of aromatic nitrogens is 6. The van der Waals surface area contributed by atoms with Crippen molar-refractivity contribution in [1.82, 2.24) is 29.5 Å². The molecule has 37 heavy (non-hydrogen) atoms. The number of amides is 1. The highest BCUT2D eigenvalue weighted by molar-refractivity contribution is 6.31. The van der Waals surface area contributed by atoms with E-state index in [0.717, 1.165) is 5.56 Å². The van der Waals surface area contributed by atoms with Gasteiger partial charge in [0.05, 0.1) is 23.9 Å². The van der Waals surface area contributed by atoms with Crippen LogP contribution in [0.25, 0.3) is 16.9 Å². The summed E-state index contributed by atoms with van der Waals surface area (Å²) < 4.78 is 2.80. The summed E-state index contributed by atoms with van der Waals surface area (Å²) in [6.45, 7) is 0. The topological polar surface area (TPSA) is 108 Å². The second kappa shape index (κ2) is 10.7. The van der Waals surface area contributed by atoms with Crippen molar-refractivity contribution in [3.63, 3.8) is 0 Å². The standard InChI is InChI=1S/C26H19Cl2N7O2/c27-18-6-7-22(35-15-24(28)32-33-35)20(13-18)21-14-25(36)34(16-30-21)23(12-17-4-2-1-3-5-17)26(37)31-19-8-10-29-11-9-19/h1-11,13-16,23H,12H2,(H,29,31,37). The highest BCUT2D eigenvalue weighted by atomic mass is 35.5. The van der Waals surface area contributed by atoms with Crippen LogP contribution in [0.15, 0.2) is 96.4 Å². The highest BCUT2D eigenvalue weighted by Crippen LogP contribution is 2.28. The molecule has 11 heteroatoms. The van der Waals surface area contributed by atoms with Crippen LogP contribution in [0.5, 0.6) is 0 Å². The minimum atomic E-state index is -0.849. The summed E-state index contributed by atoms with van der Waals surface area (Å²) in [4.78, 5) is 35.2. The van der Waals surface area contributed by atoms with Gasteiger partial charge in [-0.2, -0.15) is 0 Å². The van der Waals surface area contributed by atoms with E-state index in [0.29, 0.717) is 34.1 Å². The monoisotopic (exact) mass is 531 g/mol. The van der Waals surface area contributed by atoms with E-state index in [2.05, 4.69) is 25.6 Å². The molecule has 0 aliphatic rings. The summed E-state index contributed by atoms with van der Waals surface area (Å²) in [6, 6.07) is 18.4. The van der Waals surface area contributed by atoms with Gasteiger partial charge in [-0.05, 0) is 35.9 Å². The minimum absolute atomic E-state index is 0.216. The maximum atomic E-state index is 13.4. The Hall–Kier alpha value is -4.34. The molecule has 1 unspecified atom stereocenters. The molecule has 1 N–H and O–H groups in total. The summed E-state index contributed by atoms with van der Waals surface area (Å²) in [5.41, 5.74) is 2.57. The lowest BCUT2D eigenvalue weighted by molar-refractivity contribution is -0.119. The van der Waals surface area contributed by atoms with Crippen LogP contribution in [-0.4, -0.2) is 35.4 Å². The van der Waals surface area contributed by atoms with Gasteiger partial charge in [-0.3, -0.25) is 19.1 Å². The van der Waals surface area contributed by atoms with Gasteiger partial charge in [-0.1, -0.05) is 58.7 Å². The van der Waals surface area contributed by atoms with Crippen LogP contribution < -0.4 is 10.9 Å². The van der Waals surface area contributed by atoms with E-state index in [1.165, 1.54) is 27.8 Å². The van der Waals surface area contributed by atoms with Crippen LogP contribution in [0.3, 0.4) is 0 Å². The van der Waals surface area contributed by atoms with E-state index >= 15 is 0 Å². The number of carbonyl (C=O) groups is 1. The first-order chi connectivity index (χ1) is 18.0. The van der Waals surface area contributed by atoms with Crippen molar-refractivity contribution in [2.75, 3.05) is 5.32 Å². The van der Waals surface area contributed by atoms with Crippen molar-refractivity contribution in [3.8, 4) is 16.9 Å². The quantitative estimate of drug-likeness (QED) is 0.328. The first kappa shape index (κ1) is 24.4. The molecule has 0 aliphatic heterocycles. The molecular weight excluding hydrogens is 513 g/mol. The van der Waals surface area contributed by atoms with Crippen LogP contribution in [0.2, 0.25) is 10.2 Å². The van der Waals surface area contributed by atoms with Crippen molar-refractivity contribution in [1.29, 1.82) is 0 Å². The Morgan fingerprint density at radius 2 is 1.78 bits per heavy atom. The van der Waals surface area contributed by atoms with Gasteiger partial charge in [0.1, 0.15) is 6.04 Å². The number of nitrogens with one attached hydrogen (secondary N) is 1. The van der Waals surface area contributed by atoms with E-state index in [-0.39, 0.29) is 11.1 Å². The Morgan fingerprint density at radius 1 is 1.00 bits per heavy atom. The first-order valence-electron chi connectivity index (χ1n) is 11.2. The molecule has 0 saturated carbocycles. The normalized spacial score (nSPS) is 11.7. The van der Waals surface area contributed by atoms with Crippen LogP contribution in [0.1, 0.15) is 11.6 Å². The molecule has 3 heterocycles. The Morgan fingerprint density at radius 3 is 2.49 bits per heavy atom. The van der Waals surface area contributed by atoms with Crippen molar-refractivity contribution >= 4 is 34.8 Å². The van der Waals surface area contributed by atoms with E-state index in [4.69, 9.17) is 23.2 Å². The number of halogens is 2. The predicted octanol–water partition coefficient (Wildman–Crippen LogP) is 4.62. The first-order valence-corrected chi connectivity index (χ1v) is 11.9. The van der Waals surface area contributed by atoms with Crippen LogP contribution in [0.4, 0.5) is 5.69 Å².